The van der Waals surface area contributed by atoms with Crippen LogP contribution < -0.4 is 0 Å². The van der Waals surface area contributed by atoms with Gasteiger partial charge in [-0.25, -0.2) is 4.79 Å². The van der Waals surface area contributed by atoms with Gasteiger partial charge in [0, 0.05) is 6.42 Å². The van der Waals surface area contributed by atoms with Crippen LogP contribution in [0.3, 0.4) is 0 Å². The third-order valence-electron chi connectivity index (χ3n) is 3.55. The zero-order valence-electron chi connectivity index (χ0n) is 12.6. The van der Waals surface area contributed by atoms with E-state index in [-0.39, 0.29) is 6.42 Å². The van der Waals surface area contributed by atoms with Crippen molar-refractivity contribution in [3.05, 3.63) is 0 Å². The first-order chi connectivity index (χ1) is 10.4. The molecule has 0 aromatic rings. The van der Waals surface area contributed by atoms with Gasteiger partial charge in [-0.05, 0) is 6.42 Å². The SMILES string of the molecule is CCCCCCCC(=O)OC1O[C@H](C(=O)O)[C@@H](O)[C@H](O)[C@H]1O. The fraction of sp³-hybridized carbons (Fsp3) is 0.857. The van der Waals surface area contributed by atoms with Crippen molar-refractivity contribution in [2.24, 2.45) is 0 Å². The van der Waals surface area contributed by atoms with Crippen molar-refractivity contribution >= 4 is 11.9 Å². The molecule has 0 bridgehead atoms. The molecule has 1 saturated heterocycles. The summed E-state index contributed by atoms with van der Waals surface area (Å²) in [4.78, 5) is 22.6. The molecule has 128 valence electrons. The molecule has 0 saturated carbocycles. The van der Waals surface area contributed by atoms with Crippen molar-refractivity contribution in [3.63, 3.8) is 0 Å². The second-order valence-corrected chi connectivity index (χ2v) is 5.39. The summed E-state index contributed by atoms with van der Waals surface area (Å²) in [6.07, 6.45) is -3.84. The summed E-state index contributed by atoms with van der Waals surface area (Å²) in [5.41, 5.74) is 0. The average molecular weight is 320 g/mol. The van der Waals surface area contributed by atoms with E-state index in [1.165, 1.54) is 0 Å². The van der Waals surface area contributed by atoms with E-state index in [2.05, 4.69) is 6.92 Å². The van der Waals surface area contributed by atoms with Gasteiger partial charge in [0.1, 0.15) is 18.3 Å². The van der Waals surface area contributed by atoms with Crippen molar-refractivity contribution in [1.29, 1.82) is 0 Å². The fourth-order valence-electron chi connectivity index (χ4n) is 2.21. The van der Waals surface area contributed by atoms with Crippen LogP contribution in [-0.2, 0) is 19.1 Å². The van der Waals surface area contributed by atoms with Gasteiger partial charge >= 0.3 is 11.9 Å². The van der Waals surface area contributed by atoms with Gasteiger partial charge in [-0.15, -0.1) is 0 Å². The van der Waals surface area contributed by atoms with Crippen molar-refractivity contribution in [2.45, 2.75) is 76.2 Å². The van der Waals surface area contributed by atoms with Crippen molar-refractivity contribution in [2.75, 3.05) is 0 Å². The molecule has 1 heterocycles. The van der Waals surface area contributed by atoms with E-state index in [4.69, 9.17) is 14.6 Å². The number of carboxylic acid groups (broad SMARTS) is 1. The summed E-state index contributed by atoms with van der Waals surface area (Å²) < 4.78 is 9.72. The first kappa shape index (κ1) is 18.8. The Morgan fingerprint density at radius 1 is 1.00 bits per heavy atom. The molecule has 1 rings (SSSR count). The van der Waals surface area contributed by atoms with Crippen LogP contribution in [0.2, 0.25) is 0 Å². The van der Waals surface area contributed by atoms with Crippen LogP contribution in [0.4, 0.5) is 0 Å². The van der Waals surface area contributed by atoms with Gasteiger partial charge in [0.15, 0.2) is 6.10 Å². The topological polar surface area (TPSA) is 134 Å². The first-order valence-corrected chi connectivity index (χ1v) is 7.50. The Kier molecular flexibility index (Phi) is 7.74. The van der Waals surface area contributed by atoms with E-state index in [1.54, 1.807) is 0 Å². The number of ether oxygens (including phenoxy) is 2. The fourth-order valence-corrected chi connectivity index (χ4v) is 2.21. The number of esters is 1. The minimum atomic E-state index is -1.79. The second kappa shape index (κ2) is 9.04. The lowest BCUT2D eigenvalue weighted by atomic mass is 9.99. The Labute approximate surface area is 128 Å². The molecule has 8 nitrogen and oxygen atoms in total. The van der Waals surface area contributed by atoms with Crippen molar-refractivity contribution < 1.29 is 39.5 Å². The van der Waals surface area contributed by atoms with E-state index >= 15 is 0 Å². The van der Waals surface area contributed by atoms with Gasteiger partial charge in [0.2, 0.25) is 6.29 Å². The Morgan fingerprint density at radius 2 is 1.64 bits per heavy atom. The lowest BCUT2D eigenvalue weighted by Gasteiger charge is -2.37. The number of hydrogen-bond donors (Lipinski definition) is 4. The summed E-state index contributed by atoms with van der Waals surface area (Å²) in [7, 11) is 0. The van der Waals surface area contributed by atoms with E-state index in [9.17, 15) is 24.9 Å². The third-order valence-corrected chi connectivity index (χ3v) is 3.55. The summed E-state index contributed by atoms with van der Waals surface area (Å²) in [6, 6.07) is 0. The average Bonchev–Trinajstić information content (AvgIpc) is 2.47. The van der Waals surface area contributed by atoms with Gasteiger partial charge in [-0.2, -0.15) is 0 Å². The number of unbranched alkanes of at least 4 members (excludes halogenated alkanes) is 4. The Morgan fingerprint density at radius 3 is 2.23 bits per heavy atom. The molecular formula is C14H24O8. The van der Waals surface area contributed by atoms with Crippen LogP contribution >= 0.6 is 0 Å². The second-order valence-electron chi connectivity index (χ2n) is 5.39. The molecule has 4 N–H and O–H groups in total. The number of carbonyl (C=O) groups is 2. The number of hydrogen-bond acceptors (Lipinski definition) is 7. The lowest BCUT2D eigenvalue weighted by Crippen LogP contribution is -2.60. The summed E-state index contributed by atoms with van der Waals surface area (Å²) in [6.45, 7) is 2.08. The van der Waals surface area contributed by atoms with Gasteiger partial charge in [0.05, 0.1) is 0 Å². The predicted molar refractivity (Wildman–Crippen MR) is 73.8 cm³/mol. The van der Waals surface area contributed by atoms with Crippen molar-refractivity contribution in [3.8, 4) is 0 Å². The highest BCUT2D eigenvalue weighted by Gasteiger charge is 2.48. The number of aliphatic hydroxyl groups is 3. The molecule has 8 heteroatoms. The van der Waals surface area contributed by atoms with Crippen molar-refractivity contribution in [1.82, 2.24) is 0 Å². The van der Waals surface area contributed by atoms with Crippen LogP contribution in [0.5, 0.6) is 0 Å². The molecule has 0 aliphatic carbocycles. The standard InChI is InChI=1S/C14H24O8/c1-2-3-4-5-6-7-8(15)21-14-11(18)9(16)10(17)12(22-14)13(19)20/h9-12,14,16-18H,2-7H2,1H3,(H,19,20)/t9-,10-,11+,12-,14?/m0/s1. The highest BCUT2D eigenvalue weighted by Crippen LogP contribution is 2.23. The van der Waals surface area contributed by atoms with Crippen LogP contribution in [0.25, 0.3) is 0 Å². The van der Waals surface area contributed by atoms with Crippen LogP contribution in [0, 0.1) is 0 Å². The summed E-state index contributed by atoms with van der Waals surface area (Å²) in [5, 5.41) is 37.6. The normalized spacial score (nSPS) is 31.7. The van der Waals surface area contributed by atoms with E-state index in [1.807, 2.05) is 0 Å². The highest BCUT2D eigenvalue weighted by atomic mass is 16.7. The Bertz CT molecular complexity index is 372. The molecule has 22 heavy (non-hydrogen) atoms. The lowest BCUT2D eigenvalue weighted by molar-refractivity contribution is -0.286. The van der Waals surface area contributed by atoms with Crippen LogP contribution in [0.15, 0.2) is 0 Å². The largest absolute Gasteiger partial charge is 0.479 e. The smallest absolute Gasteiger partial charge is 0.335 e. The molecule has 1 fully saturated rings. The molecule has 5 atom stereocenters. The first-order valence-electron chi connectivity index (χ1n) is 7.50. The molecule has 0 spiro atoms. The molecule has 0 amide bonds. The van der Waals surface area contributed by atoms with Crippen LogP contribution in [0.1, 0.15) is 45.4 Å². The van der Waals surface area contributed by atoms with Gasteiger partial charge in [0.25, 0.3) is 0 Å². The minimum Gasteiger partial charge on any atom is -0.479 e. The molecular weight excluding hydrogens is 296 g/mol. The number of carbonyl (C=O) groups excluding carboxylic acids is 1. The highest BCUT2D eigenvalue weighted by molar-refractivity contribution is 5.73. The Hall–Kier alpha value is -1.22. The summed E-state index contributed by atoms with van der Waals surface area (Å²) >= 11 is 0. The molecule has 1 aliphatic heterocycles. The third kappa shape index (κ3) is 5.20. The zero-order valence-corrected chi connectivity index (χ0v) is 12.6. The molecule has 1 unspecified atom stereocenters. The van der Waals surface area contributed by atoms with Gasteiger partial charge in [-0.1, -0.05) is 32.6 Å². The number of carboxylic acids is 1. The molecule has 1 aliphatic rings. The number of aliphatic carboxylic acids is 1. The number of aliphatic hydroxyl groups excluding tert-OH is 3. The van der Waals surface area contributed by atoms with Gasteiger partial charge in [-0.3, -0.25) is 4.79 Å². The zero-order chi connectivity index (χ0) is 16.7. The predicted octanol–water partition coefficient (Wildman–Crippen LogP) is -0.218. The molecule has 0 aromatic heterocycles. The monoisotopic (exact) mass is 320 g/mol. The van der Waals surface area contributed by atoms with E-state index in [0.29, 0.717) is 6.42 Å². The summed E-state index contributed by atoms with van der Waals surface area (Å²) in [5.74, 6) is -2.16. The quantitative estimate of drug-likeness (QED) is 0.356. The van der Waals surface area contributed by atoms with E-state index in [0.717, 1.165) is 25.7 Å². The van der Waals surface area contributed by atoms with Gasteiger partial charge < -0.3 is 29.9 Å². The van der Waals surface area contributed by atoms with Crippen LogP contribution in [-0.4, -0.2) is 63.1 Å². The maximum absolute atomic E-state index is 11.6. The maximum Gasteiger partial charge on any atom is 0.335 e. The van der Waals surface area contributed by atoms with E-state index < -0.39 is 42.6 Å². The minimum absolute atomic E-state index is 0.118. The number of rotatable bonds is 8. The molecule has 0 radical (unpaired) electrons. The molecule has 0 aromatic carbocycles. The maximum atomic E-state index is 11.6. The Balaban J connectivity index is 2.45.